The van der Waals surface area contributed by atoms with Crippen LogP contribution in [-0.2, 0) is 11.8 Å². The highest BCUT2D eigenvalue weighted by atomic mass is 19.4. The number of para-hydroxylation sites is 1. The van der Waals surface area contributed by atoms with Crippen molar-refractivity contribution in [1.82, 2.24) is 19.4 Å². The van der Waals surface area contributed by atoms with Crippen molar-refractivity contribution in [3.8, 4) is 0 Å². The lowest BCUT2D eigenvalue weighted by molar-refractivity contribution is -0.192. The van der Waals surface area contributed by atoms with E-state index in [1.165, 1.54) is 10.9 Å². The summed E-state index contributed by atoms with van der Waals surface area (Å²) in [6, 6.07) is 10.6. The van der Waals surface area contributed by atoms with Gasteiger partial charge in [-0.3, -0.25) is 4.79 Å². The van der Waals surface area contributed by atoms with Crippen molar-refractivity contribution < 1.29 is 27.9 Å². The molecule has 0 saturated heterocycles. The maximum absolute atomic E-state index is 12.8. The molecular formula is C22H29F3N4O3. The third-order valence-electron chi connectivity index (χ3n) is 4.96. The summed E-state index contributed by atoms with van der Waals surface area (Å²) in [6.07, 6.45) is -4.14. The van der Waals surface area contributed by atoms with Gasteiger partial charge < -0.3 is 24.5 Å². The Labute approximate surface area is 184 Å². The standard InChI is InChI=1S/C20H28N4O.C2HF3O2/c1-14(2)24-18(20(25)21-11-8-12-22(3)4)13-17-19(24)15-9-6-7-10-16(15)23(17)5;3-2(4,5)1(6)7/h6-7,9-10,13-14H,8,11-12H2,1-5H3,(H,21,25);(H,6,7). The Hall–Kier alpha value is -3.01. The van der Waals surface area contributed by atoms with Gasteiger partial charge in [0.2, 0.25) is 0 Å². The Morgan fingerprint density at radius 3 is 2.28 bits per heavy atom. The molecule has 0 aliphatic heterocycles. The van der Waals surface area contributed by atoms with Crippen LogP contribution in [0, 0.1) is 0 Å². The maximum Gasteiger partial charge on any atom is 0.490 e. The van der Waals surface area contributed by atoms with Gasteiger partial charge in [-0.2, -0.15) is 13.2 Å². The Kier molecular flexibility index (Phi) is 7.95. The predicted octanol–water partition coefficient (Wildman–Crippen LogP) is 4.03. The minimum Gasteiger partial charge on any atom is -0.475 e. The van der Waals surface area contributed by atoms with Crippen molar-refractivity contribution in [2.75, 3.05) is 27.2 Å². The maximum atomic E-state index is 12.8. The lowest BCUT2D eigenvalue weighted by Gasteiger charge is -2.15. The molecule has 10 heteroatoms. The van der Waals surface area contributed by atoms with Crippen LogP contribution >= 0.6 is 0 Å². The molecule has 3 aromatic rings. The van der Waals surface area contributed by atoms with E-state index in [-0.39, 0.29) is 11.9 Å². The molecule has 2 heterocycles. The summed E-state index contributed by atoms with van der Waals surface area (Å²) in [7, 11) is 6.15. The first kappa shape index (κ1) is 25.3. The van der Waals surface area contributed by atoms with Crippen LogP contribution in [0.1, 0.15) is 36.8 Å². The van der Waals surface area contributed by atoms with Gasteiger partial charge in [-0.15, -0.1) is 0 Å². The number of hydrogen-bond donors (Lipinski definition) is 2. The van der Waals surface area contributed by atoms with Gasteiger partial charge in [0.25, 0.3) is 5.91 Å². The van der Waals surface area contributed by atoms with E-state index in [1.54, 1.807) is 0 Å². The lowest BCUT2D eigenvalue weighted by Crippen LogP contribution is -2.29. The highest BCUT2D eigenvalue weighted by Gasteiger charge is 2.38. The molecule has 2 N–H and O–H groups in total. The van der Waals surface area contributed by atoms with Gasteiger partial charge >= 0.3 is 12.1 Å². The molecule has 2 aromatic heterocycles. The lowest BCUT2D eigenvalue weighted by atomic mass is 10.2. The zero-order chi connectivity index (χ0) is 24.2. The summed E-state index contributed by atoms with van der Waals surface area (Å²) in [5.74, 6) is -2.75. The second kappa shape index (κ2) is 10.1. The molecule has 0 aliphatic carbocycles. The number of carbonyl (C=O) groups excluding carboxylic acids is 1. The Morgan fingerprint density at radius 2 is 1.75 bits per heavy atom. The molecule has 0 atom stereocenters. The van der Waals surface area contributed by atoms with E-state index in [4.69, 9.17) is 9.90 Å². The number of carboxylic acid groups (broad SMARTS) is 1. The molecule has 0 radical (unpaired) electrons. The normalized spacial score (nSPS) is 11.8. The summed E-state index contributed by atoms with van der Waals surface area (Å²) in [6.45, 7) is 5.92. The molecule has 0 unspecified atom stereocenters. The van der Waals surface area contributed by atoms with Crippen LogP contribution in [0.5, 0.6) is 0 Å². The molecule has 0 saturated carbocycles. The van der Waals surface area contributed by atoms with Crippen molar-refractivity contribution in [3.05, 3.63) is 36.0 Å². The molecule has 176 valence electrons. The molecule has 3 rings (SSSR count). The Bertz CT molecular complexity index is 1100. The number of fused-ring (bicyclic) bond motifs is 3. The smallest absolute Gasteiger partial charge is 0.475 e. The number of halogens is 3. The van der Waals surface area contributed by atoms with E-state index in [9.17, 15) is 18.0 Å². The van der Waals surface area contributed by atoms with Gasteiger partial charge in [-0.25, -0.2) is 4.79 Å². The number of carboxylic acids is 1. The van der Waals surface area contributed by atoms with Gasteiger partial charge in [0, 0.05) is 25.0 Å². The van der Waals surface area contributed by atoms with Crippen LogP contribution in [0.25, 0.3) is 21.9 Å². The summed E-state index contributed by atoms with van der Waals surface area (Å²) < 4.78 is 36.1. The summed E-state index contributed by atoms with van der Waals surface area (Å²) in [5, 5.41) is 11.4. The fourth-order valence-electron chi connectivity index (χ4n) is 3.53. The van der Waals surface area contributed by atoms with Crippen LogP contribution in [0.3, 0.4) is 0 Å². The Balaban J connectivity index is 0.000000451. The predicted molar refractivity (Wildman–Crippen MR) is 118 cm³/mol. The number of hydrogen-bond acceptors (Lipinski definition) is 3. The Morgan fingerprint density at radius 1 is 1.16 bits per heavy atom. The zero-order valence-corrected chi connectivity index (χ0v) is 18.8. The van der Waals surface area contributed by atoms with E-state index in [0.717, 1.165) is 29.7 Å². The second-order valence-corrected chi connectivity index (χ2v) is 8.02. The van der Waals surface area contributed by atoms with Crippen molar-refractivity contribution in [2.24, 2.45) is 7.05 Å². The number of aryl methyl sites for hydroxylation is 1. The number of carbonyl (C=O) groups is 2. The van der Waals surface area contributed by atoms with E-state index < -0.39 is 12.1 Å². The van der Waals surface area contributed by atoms with Crippen molar-refractivity contribution in [3.63, 3.8) is 0 Å². The molecule has 1 amide bonds. The topological polar surface area (TPSA) is 79.5 Å². The van der Waals surface area contributed by atoms with E-state index in [0.29, 0.717) is 6.54 Å². The molecule has 32 heavy (non-hydrogen) atoms. The SMILES string of the molecule is CC(C)n1c(C(=O)NCCCN(C)C)cc2c1c1ccccc1n2C.O=C(O)C(F)(F)F. The molecule has 7 nitrogen and oxygen atoms in total. The number of benzene rings is 1. The highest BCUT2D eigenvalue weighted by molar-refractivity contribution is 6.10. The second-order valence-electron chi connectivity index (χ2n) is 8.02. The third-order valence-corrected chi connectivity index (χ3v) is 4.96. The molecule has 0 aliphatic rings. The number of aliphatic carboxylic acids is 1. The molecular weight excluding hydrogens is 425 g/mol. The monoisotopic (exact) mass is 454 g/mol. The van der Waals surface area contributed by atoms with Crippen molar-refractivity contribution >= 4 is 33.8 Å². The molecule has 0 bridgehead atoms. The molecule has 1 aromatic carbocycles. The average Bonchev–Trinajstić information content (AvgIpc) is 3.22. The zero-order valence-electron chi connectivity index (χ0n) is 18.8. The quantitative estimate of drug-likeness (QED) is 0.552. The van der Waals surface area contributed by atoms with Crippen molar-refractivity contribution in [2.45, 2.75) is 32.5 Å². The summed E-state index contributed by atoms with van der Waals surface area (Å²) >= 11 is 0. The summed E-state index contributed by atoms with van der Waals surface area (Å²) in [5.41, 5.74) is 4.19. The van der Waals surface area contributed by atoms with Gasteiger partial charge in [-0.05, 0) is 53.0 Å². The van der Waals surface area contributed by atoms with Crippen molar-refractivity contribution in [1.29, 1.82) is 0 Å². The minimum atomic E-state index is -5.08. The minimum absolute atomic E-state index is 0.00716. The first-order valence-electron chi connectivity index (χ1n) is 10.2. The van der Waals surface area contributed by atoms with Crippen LogP contribution in [0.4, 0.5) is 13.2 Å². The van der Waals surface area contributed by atoms with E-state index in [2.05, 4.69) is 64.5 Å². The fourth-order valence-corrected chi connectivity index (χ4v) is 3.53. The third kappa shape index (κ3) is 5.61. The molecule has 0 spiro atoms. The first-order valence-corrected chi connectivity index (χ1v) is 10.2. The molecule has 0 fully saturated rings. The van der Waals surface area contributed by atoms with Gasteiger partial charge in [-0.1, -0.05) is 18.2 Å². The number of amides is 1. The fraction of sp³-hybridized carbons (Fsp3) is 0.455. The number of nitrogens with one attached hydrogen (secondary N) is 1. The van der Waals surface area contributed by atoms with Crippen LogP contribution in [-0.4, -0.2) is 64.4 Å². The highest BCUT2D eigenvalue weighted by Crippen LogP contribution is 2.33. The average molecular weight is 454 g/mol. The first-order chi connectivity index (χ1) is 14.9. The number of aromatic nitrogens is 2. The number of alkyl halides is 3. The van der Waals surface area contributed by atoms with Crippen LogP contribution in [0.15, 0.2) is 30.3 Å². The van der Waals surface area contributed by atoms with Gasteiger partial charge in [0.1, 0.15) is 5.69 Å². The van der Waals surface area contributed by atoms with Gasteiger partial charge in [0.15, 0.2) is 0 Å². The summed E-state index contributed by atoms with van der Waals surface area (Å²) in [4.78, 5) is 23.8. The van der Waals surface area contributed by atoms with Gasteiger partial charge in [0.05, 0.1) is 16.6 Å². The van der Waals surface area contributed by atoms with Crippen LogP contribution in [0.2, 0.25) is 0 Å². The van der Waals surface area contributed by atoms with E-state index >= 15 is 0 Å². The van der Waals surface area contributed by atoms with E-state index in [1.807, 2.05) is 20.2 Å². The van der Waals surface area contributed by atoms with Crippen LogP contribution < -0.4 is 5.32 Å². The largest absolute Gasteiger partial charge is 0.490 e. The number of rotatable bonds is 6. The number of nitrogens with zero attached hydrogens (tertiary/aromatic N) is 3.